The highest BCUT2D eigenvalue weighted by Gasteiger charge is 2.13. The van der Waals surface area contributed by atoms with E-state index in [4.69, 9.17) is 16.7 Å². The standard InChI is InChI=1S/C19H21ClN4O3S/c20-15-7-5-13(11-18(15)28(21,26)27)12-22-9-2-10-23-19-8-6-14-16(24-19)3-1-4-17(14)25/h1,3-8,11,22,25H,2,9-10,12H2,(H,23,24)(H2,21,26,27). The van der Waals surface area contributed by atoms with Gasteiger partial charge in [-0.1, -0.05) is 23.7 Å². The Balaban J connectivity index is 1.46. The lowest BCUT2D eigenvalue weighted by Crippen LogP contribution is -2.18. The van der Waals surface area contributed by atoms with Crippen LogP contribution in [0.1, 0.15) is 12.0 Å². The molecule has 0 fully saturated rings. The molecule has 3 rings (SSSR count). The van der Waals surface area contributed by atoms with Gasteiger partial charge in [0.2, 0.25) is 10.0 Å². The zero-order valence-corrected chi connectivity index (χ0v) is 16.6. The number of aromatic nitrogens is 1. The fourth-order valence-electron chi connectivity index (χ4n) is 2.78. The number of nitrogens with one attached hydrogen (secondary N) is 2. The molecular formula is C19H21ClN4O3S. The fraction of sp³-hybridized carbons (Fsp3) is 0.211. The van der Waals surface area contributed by atoms with Gasteiger partial charge in [-0.2, -0.15) is 0 Å². The van der Waals surface area contributed by atoms with Crippen LogP contribution in [0.25, 0.3) is 10.9 Å². The summed E-state index contributed by atoms with van der Waals surface area (Å²) in [5.74, 6) is 0.960. The maximum Gasteiger partial charge on any atom is 0.239 e. The van der Waals surface area contributed by atoms with Crippen LogP contribution in [0.2, 0.25) is 5.02 Å². The number of benzene rings is 2. The zero-order chi connectivity index (χ0) is 20.1. The van der Waals surface area contributed by atoms with Gasteiger partial charge < -0.3 is 15.7 Å². The van der Waals surface area contributed by atoms with E-state index in [1.54, 1.807) is 18.2 Å². The van der Waals surface area contributed by atoms with Crippen LogP contribution in [0.3, 0.4) is 0 Å². The Hall–Kier alpha value is -2.39. The molecule has 9 heteroatoms. The Morgan fingerprint density at radius 1 is 1.11 bits per heavy atom. The molecule has 0 bridgehead atoms. The van der Waals surface area contributed by atoms with Crippen LogP contribution in [0, 0.1) is 0 Å². The van der Waals surface area contributed by atoms with Gasteiger partial charge in [0.1, 0.15) is 16.5 Å². The molecule has 0 unspecified atom stereocenters. The Morgan fingerprint density at radius 2 is 1.93 bits per heavy atom. The van der Waals surface area contributed by atoms with Gasteiger partial charge in [-0.15, -0.1) is 0 Å². The highest BCUT2D eigenvalue weighted by molar-refractivity contribution is 7.89. The molecular weight excluding hydrogens is 400 g/mol. The molecule has 0 amide bonds. The lowest BCUT2D eigenvalue weighted by atomic mass is 10.2. The largest absolute Gasteiger partial charge is 0.507 e. The molecule has 148 valence electrons. The van der Waals surface area contributed by atoms with Crippen LogP contribution >= 0.6 is 11.6 Å². The number of rotatable bonds is 8. The molecule has 0 saturated carbocycles. The summed E-state index contributed by atoms with van der Waals surface area (Å²) in [5.41, 5.74) is 1.52. The minimum atomic E-state index is -3.84. The van der Waals surface area contributed by atoms with Gasteiger partial charge >= 0.3 is 0 Å². The van der Waals surface area contributed by atoms with Crippen molar-refractivity contribution in [1.82, 2.24) is 10.3 Å². The number of hydrogen-bond acceptors (Lipinski definition) is 6. The first-order valence-corrected chi connectivity index (χ1v) is 10.6. The van der Waals surface area contributed by atoms with E-state index in [-0.39, 0.29) is 15.7 Å². The Bertz CT molecular complexity index is 1090. The van der Waals surface area contributed by atoms with E-state index < -0.39 is 10.0 Å². The van der Waals surface area contributed by atoms with Crippen LogP contribution in [0.15, 0.2) is 53.4 Å². The molecule has 0 aliphatic heterocycles. The van der Waals surface area contributed by atoms with Crippen molar-refractivity contribution in [1.29, 1.82) is 0 Å². The first-order valence-electron chi connectivity index (χ1n) is 8.69. The van der Waals surface area contributed by atoms with Crippen LogP contribution in [0.5, 0.6) is 5.75 Å². The zero-order valence-electron chi connectivity index (χ0n) is 15.0. The maximum atomic E-state index is 11.5. The number of phenols is 1. The molecule has 0 aliphatic rings. The second kappa shape index (κ2) is 8.74. The maximum absolute atomic E-state index is 11.5. The summed E-state index contributed by atoms with van der Waals surface area (Å²) >= 11 is 5.88. The summed E-state index contributed by atoms with van der Waals surface area (Å²) in [5, 5.41) is 22.3. The third-order valence-corrected chi connectivity index (χ3v) is 5.57. The van der Waals surface area contributed by atoms with E-state index >= 15 is 0 Å². The number of pyridine rings is 1. The summed E-state index contributed by atoms with van der Waals surface area (Å²) in [6.45, 7) is 1.95. The SMILES string of the molecule is NS(=O)(=O)c1cc(CNCCCNc2ccc3c(O)cccc3n2)ccc1Cl. The monoisotopic (exact) mass is 420 g/mol. The minimum Gasteiger partial charge on any atom is -0.507 e. The van der Waals surface area contributed by atoms with Gasteiger partial charge in [0, 0.05) is 18.5 Å². The van der Waals surface area contributed by atoms with Crippen molar-refractivity contribution in [3.05, 3.63) is 59.1 Å². The van der Waals surface area contributed by atoms with E-state index in [9.17, 15) is 13.5 Å². The highest BCUT2D eigenvalue weighted by atomic mass is 35.5. The quantitative estimate of drug-likeness (QED) is 0.416. The molecule has 1 heterocycles. The van der Waals surface area contributed by atoms with Crippen molar-refractivity contribution in [2.24, 2.45) is 5.14 Å². The predicted molar refractivity (Wildman–Crippen MR) is 111 cm³/mol. The normalized spacial score (nSPS) is 11.6. The van der Waals surface area contributed by atoms with E-state index in [2.05, 4.69) is 15.6 Å². The first kappa shape index (κ1) is 20.3. The van der Waals surface area contributed by atoms with Gasteiger partial charge in [-0.25, -0.2) is 18.5 Å². The lowest BCUT2D eigenvalue weighted by Gasteiger charge is -2.09. The topological polar surface area (TPSA) is 117 Å². The fourth-order valence-corrected chi connectivity index (χ4v) is 3.87. The number of hydrogen-bond donors (Lipinski definition) is 4. The summed E-state index contributed by atoms with van der Waals surface area (Å²) in [4.78, 5) is 4.40. The predicted octanol–water partition coefficient (Wildman–Crippen LogP) is 2.83. The van der Waals surface area contributed by atoms with E-state index in [0.717, 1.165) is 35.2 Å². The minimum absolute atomic E-state index is 0.0662. The molecule has 1 aromatic heterocycles. The van der Waals surface area contributed by atoms with Gasteiger partial charge in [0.25, 0.3) is 0 Å². The summed E-state index contributed by atoms with van der Waals surface area (Å²) < 4.78 is 23.0. The number of halogens is 1. The van der Waals surface area contributed by atoms with Gasteiger partial charge in [-0.3, -0.25) is 0 Å². The average molecular weight is 421 g/mol. The number of aromatic hydroxyl groups is 1. The number of fused-ring (bicyclic) bond motifs is 1. The molecule has 0 saturated heterocycles. The van der Waals surface area contributed by atoms with Crippen LogP contribution in [0.4, 0.5) is 5.82 Å². The van der Waals surface area contributed by atoms with Crippen molar-refractivity contribution in [3.8, 4) is 5.75 Å². The third kappa shape index (κ3) is 5.11. The molecule has 28 heavy (non-hydrogen) atoms. The molecule has 5 N–H and O–H groups in total. The highest BCUT2D eigenvalue weighted by Crippen LogP contribution is 2.24. The summed E-state index contributed by atoms with van der Waals surface area (Å²) in [6, 6.07) is 13.7. The Morgan fingerprint density at radius 3 is 2.71 bits per heavy atom. The van der Waals surface area contributed by atoms with E-state index in [1.165, 1.54) is 12.1 Å². The smallest absolute Gasteiger partial charge is 0.239 e. The lowest BCUT2D eigenvalue weighted by molar-refractivity contribution is 0.481. The average Bonchev–Trinajstić information content (AvgIpc) is 2.65. The van der Waals surface area contributed by atoms with Gasteiger partial charge in [-0.05, 0) is 54.9 Å². The number of nitrogens with zero attached hydrogens (tertiary/aromatic N) is 1. The second-order valence-corrected chi connectivity index (χ2v) is 8.24. The van der Waals surface area contributed by atoms with Crippen molar-refractivity contribution in [2.75, 3.05) is 18.4 Å². The summed E-state index contributed by atoms with van der Waals surface area (Å²) in [7, 11) is -3.84. The van der Waals surface area contributed by atoms with E-state index in [1.807, 2.05) is 18.2 Å². The number of nitrogens with two attached hydrogens (primary N) is 1. The molecule has 0 aliphatic carbocycles. The van der Waals surface area contributed by atoms with Crippen LogP contribution in [-0.4, -0.2) is 31.6 Å². The third-order valence-electron chi connectivity index (χ3n) is 4.18. The van der Waals surface area contributed by atoms with Crippen LogP contribution in [-0.2, 0) is 16.6 Å². The van der Waals surface area contributed by atoms with E-state index in [0.29, 0.717) is 13.1 Å². The van der Waals surface area contributed by atoms with Gasteiger partial charge in [0.15, 0.2) is 0 Å². The summed E-state index contributed by atoms with van der Waals surface area (Å²) in [6.07, 6.45) is 0.843. The number of anilines is 1. The van der Waals surface area contributed by atoms with Gasteiger partial charge in [0.05, 0.1) is 10.5 Å². The van der Waals surface area contributed by atoms with Crippen molar-refractivity contribution < 1.29 is 13.5 Å². The first-order chi connectivity index (χ1) is 13.3. The van der Waals surface area contributed by atoms with Crippen molar-refractivity contribution >= 4 is 38.3 Å². The number of primary sulfonamides is 1. The molecule has 7 nitrogen and oxygen atoms in total. The molecule has 0 atom stereocenters. The van der Waals surface area contributed by atoms with Crippen molar-refractivity contribution in [2.45, 2.75) is 17.9 Å². The number of sulfonamides is 1. The molecule has 0 spiro atoms. The molecule has 0 radical (unpaired) electrons. The molecule has 2 aromatic carbocycles. The second-order valence-electron chi connectivity index (χ2n) is 6.31. The Kier molecular flexibility index (Phi) is 6.35. The van der Waals surface area contributed by atoms with Crippen LogP contribution < -0.4 is 15.8 Å². The number of phenolic OH excluding ortho intramolecular Hbond substituents is 1. The van der Waals surface area contributed by atoms with Crippen molar-refractivity contribution in [3.63, 3.8) is 0 Å². The molecule has 3 aromatic rings. The Labute approximate surface area is 168 Å².